The molecule has 0 aliphatic rings. The second-order valence-electron chi connectivity index (χ2n) is 12.9. The molecule has 5 heteroatoms. The monoisotopic (exact) mass is 631 g/mol. The summed E-state index contributed by atoms with van der Waals surface area (Å²) in [5.74, 6) is 0. The van der Waals surface area contributed by atoms with Crippen molar-refractivity contribution in [3.05, 3.63) is 48.6 Å². The van der Waals surface area contributed by atoms with Gasteiger partial charge < -0.3 is 20.1 Å². The second-order valence-corrected chi connectivity index (χ2v) is 12.9. The summed E-state index contributed by atoms with van der Waals surface area (Å²) in [7, 11) is 4.11. The molecular formula is C40H74N2O3. The molecule has 2 N–H and O–H groups in total. The molecule has 0 radical (unpaired) electrons. The molecule has 0 aromatic heterocycles. The molecule has 0 fully saturated rings. The first-order chi connectivity index (χ1) is 22.1. The van der Waals surface area contributed by atoms with Gasteiger partial charge in [-0.15, -0.1) is 0 Å². The first kappa shape index (κ1) is 43.1. The van der Waals surface area contributed by atoms with Gasteiger partial charge in [-0.1, -0.05) is 120 Å². The Bertz CT molecular complexity index is 683. The van der Waals surface area contributed by atoms with E-state index in [1.54, 1.807) is 0 Å². The maximum Gasteiger partial charge on any atom is 0.407 e. The van der Waals surface area contributed by atoms with E-state index in [0.29, 0.717) is 6.54 Å². The summed E-state index contributed by atoms with van der Waals surface area (Å²) in [5.41, 5.74) is 0. The van der Waals surface area contributed by atoms with E-state index in [9.17, 15) is 4.79 Å². The molecule has 0 spiro atoms. The van der Waals surface area contributed by atoms with Crippen LogP contribution in [0.2, 0.25) is 0 Å². The highest BCUT2D eigenvalue weighted by atomic mass is 16.6. The molecule has 0 bridgehead atoms. The number of alkyl carbamates (subject to hydrolysis) is 1. The number of hydrogen-bond acceptors (Lipinski definition) is 4. The van der Waals surface area contributed by atoms with Gasteiger partial charge in [0, 0.05) is 13.2 Å². The van der Waals surface area contributed by atoms with Crippen LogP contribution in [-0.2, 0) is 4.74 Å². The van der Waals surface area contributed by atoms with Gasteiger partial charge in [-0.2, -0.15) is 0 Å². The molecule has 0 saturated heterocycles. The van der Waals surface area contributed by atoms with E-state index < -0.39 is 0 Å². The summed E-state index contributed by atoms with van der Waals surface area (Å²) in [6, 6.07) is 0. The predicted molar refractivity (Wildman–Crippen MR) is 197 cm³/mol. The van der Waals surface area contributed by atoms with Gasteiger partial charge in [0.1, 0.15) is 6.10 Å². The van der Waals surface area contributed by atoms with Gasteiger partial charge in [0.05, 0.1) is 0 Å². The van der Waals surface area contributed by atoms with E-state index in [2.05, 4.69) is 79.8 Å². The Morgan fingerprint density at radius 1 is 0.622 bits per heavy atom. The zero-order chi connectivity index (χ0) is 32.9. The minimum atomic E-state index is -0.239. The topological polar surface area (TPSA) is 61.8 Å². The van der Waals surface area contributed by atoms with Gasteiger partial charge >= 0.3 is 6.09 Å². The van der Waals surface area contributed by atoms with Crippen LogP contribution in [0.5, 0.6) is 0 Å². The van der Waals surface area contributed by atoms with E-state index in [1.807, 2.05) is 0 Å². The molecule has 0 saturated carbocycles. The van der Waals surface area contributed by atoms with Crippen LogP contribution < -0.4 is 5.32 Å². The number of carbonyl (C=O) groups excluding carboxylic acids is 1. The van der Waals surface area contributed by atoms with Crippen molar-refractivity contribution in [1.82, 2.24) is 10.2 Å². The lowest BCUT2D eigenvalue weighted by Gasteiger charge is -2.19. The summed E-state index contributed by atoms with van der Waals surface area (Å²) >= 11 is 0. The fraction of sp³-hybridized carbons (Fsp3) is 0.775. The van der Waals surface area contributed by atoms with Crippen LogP contribution in [0.1, 0.15) is 161 Å². The third-order valence-electron chi connectivity index (χ3n) is 8.08. The Balaban J connectivity index is 4.07. The molecule has 0 aromatic carbocycles. The van der Waals surface area contributed by atoms with Gasteiger partial charge in [0.25, 0.3) is 0 Å². The lowest BCUT2D eigenvalue weighted by atomic mass is 10.0. The minimum absolute atomic E-state index is 0.0443. The second kappa shape index (κ2) is 36.6. The van der Waals surface area contributed by atoms with Crippen LogP contribution in [-0.4, -0.2) is 56.0 Å². The van der Waals surface area contributed by atoms with Crippen molar-refractivity contribution < 1.29 is 14.6 Å². The molecule has 0 aromatic rings. The van der Waals surface area contributed by atoms with Crippen molar-refractivity contribution in [3.8, 4) is 0 Å². The largest absolute Gasteiger partial charge is 0.446 e. The summed E-state index contributed by atoms with van der Waals surface area (Å²) < 4.78 is 5.90. The normalized spacial score (nSPS) is 12.9. The van der Waals surface area contributed by atoms with Gasteiger partial charge in [0.2, 0.25) is 0 Å². The zero-order valence-electron chi connectivity index (χ0n) is 30.0. The number of amides is 1. The highest BCUT2D eigenvalue weighted by molar-refractivity contribution is 5.67. The molecule has 1 unspecified atom stereocenters. The van der Waals surface area contributed by atoms with Crippen LogP contribution in [0, 0.1) is 0 Å². The standard InChI is InChI=1S/C40H74N2O3/c1-4-5-6-7-8-9-10-11-12-15-18-21-24-27-30-34-39(45-40(44)41-36-33-37-42(2)3)35-31-28-25-22-19-16-13-14-17-20-23-26-29-32-38-43/h7-8,10-11,14,17,23,26,39,43H,4-6,9,12-13,15-16,18-22,24-25,27-38H2,1-3H3,(H,41,44)/b8-7-,11-10-,17-14-,26-23-. The molecule has 0 aliphatic heterocycles. The number of hydrogen-bond donors (Lipinski definition) is 2. The van der Waals surface area contributed by atoms with Crippen molar-refractivity contribution >= 4 is 6.09 Å². The molecule has 262 valence electrons. The predicted octanol–water partition coefficient (Wildman–Crippen LogP) is 11.2. The Kier molecular flexibility index (Phi) is 35.1. The highest BCUT2D eigenvalue weighted by Gasteiger charge is 2.14. The fourth-order valence-electron chi connectivity index (χ4n) is 5.27. The van der Waals surface area contributed by atoms with Crippen molar-refractivity contribution in [1.29, 1.82) is 0 Å². The maximum atomic E-state index is 12.4. The quantitative estimate of drug-likeness (QED) is 0.0559. The number of rotatable bonds is 33. The summed E-state index contributed by atoms with van der Waals surface area (Å²) in [6.45, 7) is 4.16. The van der Waals surface area contributed by atoms with Gasteiger partial charge in [-0.05, 0) is 111 Å². The molecule has 0 aliphatic carbocycles. The Morgan fingerprint density at radius 2 is 1.07 bits per heavy atom. The molecule has 5 nitrogen and oxygen atoms in total. The van der Waals surface area contributed by atoms with Crippen LogP contribution in [0.25, 0.3) is 0 Å². The average molecular weight is 631 g/mol. The van der Waals surface area contributed by atoms with E-state index in [4.69, 9.17) is 9.84 Å². The van der Waals surface area contributed by atoms with Gasteiger partial charge in [0.15, 0.2) is 0 Å². The van der Waals surface area contributed by atoms with E-state index in [0.717, 1.165) is 70.8 Å². The number of unbranched alkanes of at least 4 members (excludes halogenated alkanes) is 15. The molecular weight excluding hydrogens is 556 g/mol. The molecule has 1 atom stereocenters. The summed E-state index contributed by atoms with van der Waals surface area (Å²) in [6.07, 6.45) is 46.0. The number of ether oxygens (including phenoxy) is 1. The number of aliphatic hydroxyl groups is 1. The third-order valence-corrected chi connectivity index (χ3v) is 8.08. The number of nitrogens with one attached hydrogen (secondary N) is 1. The molecule has 0 rings (SSSR count). The Hall–Kier alpha value is -1.85. The first-order valence-electron chi connectivity index (χ1n) is 18.9. The van der Waals surface area contributed by atoms with Crippen molar-refractivity contribution in [2.75, 3.05) is 33.8 Å². The van der Waals surface area contributed by atoms with Gasteiger partial charge in [-0.25, -0.2) is 4.79 Å². The van der Waals surface area contributed by atoms with E-state index in [-0.39, 0.29) is 18.8 Å². The highest BCUT2D eigenvalue weighted by Crippen LogP contribution is 2.17. The number of allylic oxidation sites excluding steroid dienone is 8. The van der Waals surface area contributed by atoms with Crippen molar-refractivity contribution in [3.63, 3.8) is 0 Å². The number of aliphatic hydroxyl groups excluding tert-OH is 1. The average Bonchev–Trinajstić information content (AvgIpc) is 3.02. The fourth-order valence-corrected chi connectivity index (χ4v) is 5.27. The lowest BCUT2D eigenvalue weighted by Crippen LogP contribution is -2.31. The molecule has 1 amide bonds. The minimum Gasteiger partial charge on any atom is -0.446 e. The number of carbonyl (C=O) groups is 1. The van der Waals surface area contributed by atoms with Crippen LogP contribution >= 0.6 is 0 Å². The van der Waals surface area contributed by atoms with Crippen LogP contribution in [0.4, 0.5) is 4.79 Å². The SMILES string of the molecule is CCCC/C=C\C/C=C\CCCCCCCCC(CCCCCCCC/C=C\C/C=C\CCCO)OC(=O)NCCCN(C)C. The smallest absolute Gasteiger partial charge is 0.407 e. The summed E-state index contributed by atoms with van der Waals surface area (Å²) in [5, 5.41) is 11.8. The molecule has 0 heterocycles. The first-order valence-corrected chi connectivity index (χ1v) is 18.9. The maximum absolute atomic E-state index is 12.4. The summed E-state index contributed by atoms with van der Waals surface area (Å²) in [4.78, 5) is 14.6. The van der Waals surface area contributed by atoms with Crippen LogP contribution in [0.3, 0.4) is 0 Å². The number of nitrogens with zero attached hydrogens (tertiary/aromatic N) is 1. The van der Waals surface area contributed by atoms with E-state index in [1.165, 1.54) is 89.9 Å². The Morgan fingerprint density at radius 3 is 1.53 bits per heavy atom. The Labute approximate surface area is 280 Å². The zero-order valence-corrected chi connectivity index (χ0v) is 30.0. The van der Waals surface area contributed by atoms with E-state index >= 15 is 0 Å². The lowest BCUT2D eigenvalue weighted by molar-refractivity contribution is 0.0840. The molecule has 45 heavy (non-hydrogen) atoms. The third kappa shape index (κ3) is 36.5. The van der Waals surface area contributed by atoms with Gasteiger partial charge in [-0.3, -0.25) is 0 Å². The van der Waals surface area contributed by atoms with Crippen molar-refractivity contribution in [2.24, 2.45) is 0 Å². The van der Waals surface area contributed by atoms with Crippen molar-refractivity contribution in [2.45, 2.75) is 167 Å². The van der Waals surface area contributed by atoms with Crippen LogP contribution in [0.15, 0.2) is 48.6 Å².